The third-order valence-corrected chi connectivity index (χ3v) is 4.50. The van der Waals surface area contributed by atoms with Crippen molar-refractivity contribution in [2.45, 2.75) is 38.1 Å². The fourth-order valence-corrected chi connectivity index (χ4v) is 3.29. The topological polar surface area (TPSA) is 74.8 Å². The molecular formula is C19H21N5O. The van der Waals surface area contributed by atoms with Crippen LogP contribution in [-0.4, -0.2) is 32.8 Å². The number of nitrogens with one attached hydrogen (secondary N) is 1. The molecule has 25 heavy (non-hydrogen) atoms. The molecule has 0 saturated carbocycles. The number of aliphatic hydroxyl groups excluding tert-OH is 1. The minimum atomic E-state index is -0.424. The first-order valence-corrected chi connectivity index (χ1v) is 8.52. The number of hydrogen-bond acceptors (Lipinski definition) is 5. The summed E-state index contributed by atoms with van der Waals surface area (Å²) in [6, 6.07) is 10.3. The highest BCUT2D eigenvalue weighted by atomic mass is 16.3. The van der Waals surface area contributed by atoms with Crippen molar-refractivity contribution in [2.75, 3.05) is 0 Å². The highest BCUT2D eigenvalue weighted by Gasteiger charge is 2.24. The number of allylic oxidation sites excluding steroid dienone is 2. The first-order valence-electron chi connectivity index (χ1n) is 8.52. The van der Waals surface area contributed by atoms with E-state index in [9.17, 15) is 5.11 Å². The molecule has 6 heteroatoms. The number of imidazole rings is 1. The second-order valence-electron chi connectivity index (χ2n) is 6.55. The monoisotopic (exact) mass is 335 g/mol. The number of aromatic nitrogens is 2. The van der Waals surface area contributed by atoms with Crippen molar-refractivity contribution >= 4 is 0 Å². The first kappa shape index (κ1) is 15.8. The van der Waals surface area contributed by atoms with Crippen LogP contribution in [0.1, 0.15) is 12.6 Å². The van der Waals surface area contributed by atoms with Gasteiger partial charge in [0.05, 0.1) is 24.2 Å². The van der Waals surface area contributed by atoms with Gasteiger partial charge < -0.3 is 9.67 Å². The molecule has 1 aliphatic heterocycles. The molecule has 0 spiro atoms. The van der Waals surface area contributed by atoms with Crippen molar-refractivity contribution < 1.29 is 5.11 Å². The smallest absolute Gasteiger partial charge is 0.117 e. The zero-order valence-electron chi connectivity index (χ0n) is 14.1. The average molecular weight is 335 g/mol. The Kier molecular flexibility index (Phi) is 4.19. The van der Waals surface area contributed by atoms with Crippen LogP contribution in [-0.2, 0) is 13.0 Å². The van der Waals surface area contributed by atoms with Gasteiger partial charge >= 0.3 is 0 Å². The Bertz CT molecular complexity index is 835. The van der Waals surface area contributed by atoms with Crippen LogP contribution in [0.2, 0.25) is 0 Å². The van der Waals surface area contributed by atoms with Gasteiger partial charge in [0.15, 0.2) is 0 Å². The molecule has 2 aromatic rings. The zero-order valence-corrected chi connectivity index (χ0v) is 14.1. The molecule has 4 rings (SSSR count). The van der Waals surface area contributed by atoms with E-state index >= 15 is 0 Å². The van der Waals surface area contributed by atoms with Crippen LogP contribution < -0.4 is 5.43 Å². The van der Waals surface area contributed by atoms with Gasteiger partial charge in [-0.15, -0.1) is 0 Å². The number of nitrogens with zero attached hydrogens (tertiary/aromatic N) is 4. The van der Waals surface area contributed by atoms with Gasteiger partial charge in [-0.1, -0.05) is 53.8 Å². The summed E-state index contributed by atoms with van der Waals surface area (Å²) >= 11 is 0. The van der Waals surface area contributed by atoms with Gasteiger partial charge in [-0.25, -0.2) is 4.98 Å². The summed E-state index contributed by atoms with van der Waals surface area (Å²) in [6.45, 7) is 2.52. The Morgan fingerprint density at radius 3 is 2.92 bits per heavy atom. The van der Waals surface area contributed by atoms with Crippen LogP contribution in [0, 0.1) is 0 Å². The Labute approximate surface area is 146 Å². The Morgan fingerprint density at radius 1 is 1.28 bits per heavy atom. The zero-order chi connectivity index (χ0) is 17.2. The van der Waals surface area contributed by atoms with E-state index in [1.807, 2.05) is 43.6 Å². The van der Waals surface area contributed by atoms with Gasteiger partial charge in [0.2, 0.25) is 0 Å². The minimum absolute atomic E-state index is 0.100. The molecule has 6 nitrogen and oxygen atoms in total. The van der Waals surface area contributed by atoms with Crippen LogP contribution in [0.3, 0.4) is 0 Å². The summed E-state index contributed by atoms with van der Waals surface area (Å²) in [7, 11) is 0. The maximum atomic E-state index is 9.94. The van der Waals surface area contributed by atoms with E-state index in [0.29, 0.717) is 13.0 Å². The van der Waals surface area contributed by atoms with Gasteiger partial charge in [0.1, 0.15) is 6.04 Å². The molecule has 2 aliphatic rings. The Balaban J connectivity index is 1.63. The summed E-state index contributed by atoms with van der Waals surface area (Å²) in [5.41, 5.74) is 7.25. The van der Waals surface area contributed by atoms with E-state index in [-0.39, 0.29) is 12.1 Å². The van der Waals surface area contributed by atoms with Gasteiger partial charge in [-0.3, -0.25) is 5.43 Å². The molecule has 0 bridgehead atoms. The van der Waals surface area contributed by atoms with E-state index < -0.39 is 6.10 Å². The van der Waals surface area contributed by atoms with Crippen molar-refractivity contribution in [2.24, 2.45) is 10.3 Å². The minimum Gasteiger partial charge on any atom is -0.393 e. The summed E-state index contributed by atoms with van der Waals surface area (Å²) in [5, 5.41) is 18.0. The molecule has 3 unspecified atom stereocenters. The third kappa shape index (κ3) is 3.25. The molecule has 1 aromatic heterocycles. The van der Waals surface area contributed by atoms with Crippen molar-refractivity contribution in [1.29, 1.82) is 0 Å². The van der Waals surface area contributed by atoms with E-state index in [1.165, 1.54) is 5.57 Å². The van der Waals surface area contributed by atoms with Gasteiger partial charge in [-0.05, 0) is 12.5 Å². The summed E-state index contributed by atoms with van der Waals surface area (Å²) < 4.78 is 2.12. The maximum Gasteiger partial charge on any atom is 0.117 e. The quantitative estimate of drug-likeness (QED) is 0.882. The van der Waals surface area contributed by atoms with Crippen molar-refractivity contribution in [1.82, 2.24) is 15.0 Å². The van der Waals surface area contributed by atoms with Crippen LogP contribution in [0.25, 0.3) is 11.3 Å². The standard InChI is InChI=1S/C19H21N5O/c1-13(25)9-18-19(15-5-3-2-4-6-15)20-12-24(18)11-14-7-8-16-17(10-14)22-23-21-16/h2-8,10,12-13,16-17,25H,9,11H2,1H3,(H,21,22). The number of fused-ring (bicyclic) bond motifs is 1. The van der Waals surface area contributed by atoms with Gasteiger partial charge in [0.25, 0.3) is 0 Å². The Hall–Kier alpha value is -2.73. The number of hydrogen-bond donors (Lipinski definition) is 2. The van der Waals surface area contributed by atoms with E-state index in [4.69, 9.17) is 0 Å². The van der Waals surface area contributed by atoms with Crippen LogP contribution in [0.4, 0.5) is 0 Å². The first-order chi connectivity index (χ1) is 12.2. The predicted molar refractivity (Wildman–Crippen MR) is 95.8 cm³/mol. The van der Waals surface area contributed by atoms with E-state index in [2.05, 4.69) is 43.5 Å². The average Bonchev–Trinajstić information content (AvgIpc) is 3.22. The summed E-state index contributed by atoms with van der Waals surface area (Å²) in [4.78, 5) is 4.62. The fourth-order valence-electron chi connectivity index (χ4n) is 3.29. The molecule has 1 aliphatic carbocycles. The molecule has 128 valence electrons. The number of aliphatic hydroxyl groups is 1. The molecule has 0 amide bonds. The van der Waals surface area contributed by atoms with E-state index in [1.54, 1.807) is 0 Å². The molecule has 0 radical (unpaired) electrons. The number of rotatable bonds is 5. The molecule has 2 heterocycles. The third-order valence-electron chi connectivity index (χ3n) is 4.50. The summed E-state index contributed by atoms with van der Waals surface area (Å²) in [5.74, 6) is 0. The van der Waals surface area contributed by atoms with Crippen molar-refractivity contribution in [3.63, 3.8) is 0 Å². The lowest BCUT2D eigenvalue weighted by atomic mass is 9.99. The Morgan fingerprint density at radius 2 is 2.12 bits per heavy atom. The SMILES string of the molecule is CC(O)Cc1c(-c2ccccc2)ncn1CC1=CC2NN=NC2C=C1. The highest BCUT2D eigenvalue weighted by molar-refractivity contribution is 5.62. The van der Waals surface area contributed by atoms with Gasteiger partial charge in [-0.2, -0.15) is 5.11 Å². The van der Waals surface area contributed by atoms with Crippen LogP contribution >= 0.6 is 0 Å². The maximum absolute atomic E-state index is 9.94. The van der Waals surface area contributed by atoms with Crippen molar-refractivity contribution in [3.05, 3.63) is 66.2 Å². The number of benzene rings is 1. The molecule has 0 saturated heterocycles. The lowest BCUT2D eigenvalue weighted by Crippen LogP contribution is -2.29. The normalized spacial score (nSPS) is 22.4. The predicted octanol–water partition coefficient (Wildman–Crippen LogP) is 2.68. The second-order valence-corrected chi connectivity index (χ2v) is 6.55. The highest BCUT2D eigenvalue weighted by Crippen LogP contribution is 2.25. The van der Waals surface area contributed by atoms with Gasteiger partial charge in [0, 0.05) is 24.2 Å². The summed E-state index contributed by atoms with van der Waals surface area (Å²) in [6.07, 6.45) is 8.34. The van der Waals surface area contributed by atoms with E-state index in [0.717, 1.165) is 17.0 Å². The molecule has 1 aromatic carbocycles. The molecular weight excluding hydrogens is 314 g/mol. The lowest BCUT2D eigenvalue weighted by molar-refractivity contribution is 0.193. The second kappa shape index (κ2) is 6.64. The molecule has 2 N–H and O–H groups in total. The fraction of sp³-hybridized carbons (Fsp3) is 0.316. The van der Waals surface area contributed by atoms with Crippen LogP contribution in [0.15, 0.2) is 70.8 Å². The molecule has 3 atom stereocenters. The molecule has 0 fully saturated rings. The largest absolute Gasteiger partial charge is 0.393 e. The van der Waals surface area contributed by atoms with Crippen LogP contribution in [0.5, 0.6) is 0 Å². The lowest BCUT2D eigenvalue weighted by Gasteiger charge is -2.18. The van der Waals surface area contributed by atoms with Crippen molar-refractivity contribution in [3.8, 4) is 11.3 Å².